The molecule has 0 unspecified atom stereocenters. The third kappa shape index (κ3) is 2.61. The molecule has 0 spiro atoms. The molecule has 0 N–H and O–H groups in total. The van der Waals surface area contributed by atoms with Gasteiger partial charge in [-0.1, -0.05) is 22.9 Å². The Hall–Kier alpha value is -1.53. The third-order valence-corrected chi connectivity index (χ3v) is 5.73. The number of aromatic nitrogens is 4. The first kappa shape index (κ1) is 15.4. The summed E-state index contributed by atoms with van der Waals surface area (Å²) in [6, 6.07) is 4.26. The molecule has 0 saturated carbocycles. The summed E-state index contributed by atoms with van der Waals surface area (Å²) in [5.41, 5.74) is 4.55. The van der Waals surface area contributed by atoms with Crippen LogP contribution in [0.1, 0.15) is 29.4 Å². The van der Waals surface area contributed by atoms with Crippen LogP contribution in [0, 0.1) is 20.8 Å². The second-order valence-electron chi connectivity index (χ2n) is 5.35. The predicted molar refractivity (Wildman–Crippen MR) is 93.8 cm³/mol. The highest BCUT2D eigenvalue weighted by molar-refractivity contribution is 9.10. The number of benzene rings is 1. The standard InChI is InChI=1S/C16H17BrN4S/c1-5-13-19-16(15-11(4)8-18-22-15)21(20-13)12-6-9(2)14(17)10(3)7-12/h6-8H,5H2,1-4H3. The fraction of sp³-hybridized carbons (Fsp3) is 0.312. The Morgan fingerprint density at radius 2 is 1.82 bits per heavy atom. The lowest BCUT2D eigenvalue weighted by Gasteiger charge is -2.10. The summed E-state index contributed by atoms with van der Waals surface area (Å²) in [6.45, 7) is 8.31. The van der Waals surface area contributed by atoms with Crippen LogP contribution in [0.25, 0.3) is 16.4 Å². The smallest absolute Gasteiger partial charge is 0.175 e. The van der Waals surface area contributed by atoms with Gasteiger partial charge in [-0.15, -0.1) is 0 Å². The van der Waals surface area contributed by atoms with Crippen LogP contribution < -0.4 is 0 Å². The van der Waals surface area contributed by atoms with Crippen molar-refractivity contribution < 1.29 is 0 Å². The molecular formula is C16H17BrN4S. The van der Waals surface area contributed by atoms with Gasteiger partial charge in [0.15, 0.2) is 11.6 Å². The first-order chi connectivity index (χ1) is 10.5. The number of rotatable bonds is 3. The van der Waals surface area contributed by atoms with Crippen LogP contribution in [0.15, 0.2) is 22.8 Å². The molecule has 2 heterocycles. The molecule has 22 heavy (non-hydrogen) atoms. The van der Waals surface area contributed by atoms with Crippen molar-refractivity contribution in [3.05, 3.63) is 45.3 Å². The quantitative estimate of drug-likeness (QED) is 0.668. The van der Waals surface area contributed by atoms with Crippen LogP contribution in [0.4, 0.5) is 0 Å². The van der Waals surface area contributed by atoms with Crippen molar-refractivity contribution in [1.29, 1.82) is 0 Å². The minimum absolute atomic E-state index is 0.812. The van der Waals surface area contributed by atoms with Gasteiger partial charge in [0.05, 0.1) is 10.6 Å². The average Bonchev–Trinajstić information content (AvgIpc) is 3.09. The molecule has 4 nitrogen and oxygen atoms in total. The first-order valence-electron chi connectivity index (χ1n) is 7.16. The summed E-state index contributed by atoms with van der Waals surface area (Å²) < 4.78 is 7.35. The summed E-state index contributed by atoms with van der Waals surface area (Å²) >= 11 is 5.08. The molecule has 0 amide bonds. The maximum absolute atomic E-state index is 4.70. The van der Waals surface area contributed by atoms with Gasteiger partial charge in [-0.2, -0.15) is 5.10 Å². The maximum atomic E-state index is 4.70. The van der Waals surface area contributed by atoms with E-state index in [4.69, 9.17) is 4.98 Å². The molecule has 3 aromatic rings. The number of hydrogen-bond donors (Lipinski definition) is 0. The van der Waals surface area contributed by atoms with Crippen LogP contribution in [0.5, 0.6) is 0 Å². The van der Waals surface area contributed by atoms with E-state index in [0.29, 0.717) is 0 Å². The monoisotopic (exact) mass is 376 g/mol. The molecule has 0 atom stereocenters. The van der Waals surface area contributed by atoms with E-state index in [9.17, 15) is 0 Å². The summed E-state index contributed by atoms with van der Waals surface area (Å²) in [6.07, 6.45) is 2.69. The first-order valence-corrected chi connectivity index (χ1v) is 8.72. The molecule has 2 aromatic heterocycles. The molecule has 6 heteroatoms. The van der Waals surface area contributed by atoms with Crippen molar-refractivity contribution in [2.75, 3.05) is 0 Å². The van der Waals surface area contributed by atoms with Gasteiger partial charge in [-0.05, 0) is 61.1 Å². The highest BCUT2D eigenvalue weighted by atomic mass is 79.9. The van der Waals surface area contributed by atoms with Crippen molar-refractivity contribution in [3.63, 3.8) is 0 Å². The maximum Gasteiger partial charge on any atom is 0.175 e. The second kappa shape index (κ2) is 5.93. The summed E-state index contributed by atoms with van der Waals surface area (Å²) in [4.78, 5) is 5.78. The Labute approximate surface area is 142 Å². The molecule has 0 aliphatic carbocycles. The lowest BCUT2D eigenvalue weighted by atomic mass is 10.1. The van der Waals surface area contributed by atoms with Gasteiger partial charge in [0, 0.05) is 17.1 Å². The van der Waals surface area contributed by atoms with Crippen LogP contribution >= 0.6 is 27.5 Å². The van der Waals surface area contributed by atoms with E-state index in [1.807, 2.05) is 10.9 Å². The normalized spacial score (nSPS) is 11.1. The summed E-state index contributed by atoms with van der Waals surface area (Å²) in [5, 5.41) is 4.68. The molecule has 0 bridgehead atoms. The lowest BCUT2D eigenvalue weighted by Crippen LogP contribution is -2.01. The molecule has 0 saturated heterocycles. The van der Waals surface area contributed by atoms with Crippen LogP contribution in [-0.4, -0.2) is 19.1 Å². The highest BCUT2D eigenvalue weighted by Gasteiger charge is 2.17. The van der Waals surface area contributed by atoms with Gasteiger partial charge < -0.3 is 0 Å². The Bertz CT molecular complexity index is 812. The topological polar surface area (TPSA) is 43.6 Å². The summed E-state index contributed by atoms with van der Waals surface area (Å²) in [5.74, 6) is 1.72. The molecule has 1 aromatic carbocycles. The van der Waals surface area contributed by atoms with Crippen molar-refractivity contribution in [2.45, 2.75) is 34.1 Å². The Morgan fingerprint density at radius 3 is 2.36 bits per heavy atom. The fourth-order valence-electron chi connectivity index (χ4n) is 2.38. The third-order valence-electron chi connectivity index (χ3n) is 3.58. The second-order valence-corrected chi connectivity index (χ2v) is 6.94. The van der Waals surface area contributed by atoms with Crippen LogP contribution in [0.2, 0.25) is 0 Å². The molecule has 0 aliphatic rings. The highest BCUT2D eigenvalue weighted by Crippen LogP contribution is 2.30. The minimum Gasteiger partial charge on any atom is -0.212 e. The number of hydrogen-bond acceptors (Lipinski definition) is 4. The zero-order valence-electron chi connectivity index (χ0n) is 13.0. The van der Waals surface area contributed by atoms with Crippen LogP contribution in [-0.2, 0) is 6.42 Å². The largest absolute Gasteiger partial charge is 0.212 e. The van der Waals surface area contributed by atoms with Gasteiger partial charge in [-0.25, -0.2) is 14.0 Å². The Kier molecular flexibility index (Phi) is 4.14. The number of nitrogens with zero attached hydrogens (tertiary/aromatic N) is 4. The molecular weight excluding hydrogens is 360 g/mol. The van der Waals surface area contributed by atoms with Crippen molar-refractivity contribution in [2.24, 2.45) is 0 Å². The van der Waals surface area contributed by atoms with Crippen LogP contribution in [0.3, 0.4) is 0 Å². The average molecular weight is 377 g/mol. The van der Waals surface area contributed by atoms with E-state index in [-0.39, 0.29) is 0 Å². The molecule has 0 radical (unpaired) electrons. The lowest BCUT2D eigenvalue weighted by molar-refractivity contribution is 0.842. The molecule has 0 aliphatic heterocycles. The Morgan fingerprint density at radius 1 is 1.14 bits per heavy atom. The van der Waals surface area contributed by atoms with E-state index in [0.717, 1.165) is 38.7 Å². The van der Waals surface area contributed by atoms with Crippen molar-refractivity contribution >= 4 is 27.5 Å². The van der Waals surface area contributed by atoms with Gasteiger partial charge >= 0.3 is 0 Å². The van der Waals surface area contributed by atoms with Gasteiger partial charge in [0.1, 0.15) is 0 Å². The van der Waals surface area contributed by atoms with Gasteiger partial charge in [0.2, 0.25) is 0 Å². The van der Waals surface area contributed by atoms with E-state index in [1.165, 1.54) is 22.7 Å². The molecule has 0 fully saturated rings. The zero-order chi connectivity index (χ0) is 15.9. The number of aryl methyl sites for hydroxylation is 4. The predicted octanol–water partition coefficient (Wildman–Crippen LogP) is 4.64. The van der Waals surface area contributed by atoms with Crippen molar-refractivity contribution in [1.82, 2.24) is 19.1 Å². The molecule has 114 valence electrons. The summed E-state index contributed by atoms with van der Waals surface area (Å²) in [7, 11) is 0. The Balaban J connectivity index is 2.23. The van der Waals surface area contributed by atoms with Gasteiger partial charge in [-0.3, -0.25) is 0 Å². The zero-order valence-corrected chi connectivity index (χ0v) is 15.4. The minimum atomic E-state index is 0.812. The van der Waals surface area contributed by atoms with E-state index < -0.39 is 0 Å². The fourth-order valence-corrected chi connectivity index (χ4v) is 3.34. The van der Waals surface area contributed by atoms with Gasteiger partial charge in [0.25, 0.3) is 0 Å². The SMILES string of the molecule is CCc1nc(-c2sncc2C)n(-c2cc(C)c(Br)c(C)c2)n1. The van der Waals surface area contributed by atoms with E-state index in [2.05, 4.69) is 65.2 Å². The molecule has 3 rings (SSSR count). The van der Waals surface area contributed by atoms with E-state index in [1.54, 1.807) is 0 Å². The van der Waals surface area contributed by atoms with E-state index >= 15 is 0 Å². The van der Waals surface area contributed by atoms with Crippen molar-refractivity contribution in [3.8, 4) is 16.4 Å². The number of halogens is 1.